The Morgan fingerprint density at radius 3 is 2.68 bits per heavy atom. The second kappa shape index (κ2) is 9.55. The fourth-order valence-electron chi connectivity index (χ4n) is 4.57. The average Bonchev–Trinajstić information content (AvgIpc) is 2.69. The number of piperidine rings is 2. The monoisotopic (exact) mass is 385 g/mol. The quantitative estimate of drug-likeness (QED) is 0.810. The molecule has 2 aliphatic rings. The number of carbonyl (C=O) groups is 2. The van der Waals surface area contributed by atoms with Crippen molar-refractivity contribution in [3.05, 3.63) is 29.3 Å². The normalized spacial score (nSPS) is 22.0. The smallest absolute Gasteiger partial charge is 0.253 e. The Morgan fingerprint density at radius 2 is 2.00 bits per heavy atom. The van der Waals surface area contributed by atoms with Gasteiger partial charge in [-0.1, -0.05) is 13.8 Å². The SMILES string of the molecule is Cc1cc(C(=O)N2CCCC(C)C2)ccc1NC(=O)CC(C)C1CCNCC1. The third-order valence-electron chi connectivity index (χ3n) is 6.39. The van der Waals surface area contributed by atoms with E-state index in [0.717, 1.165) is 56.7 Å². The van der Waals surface area contributed by atoms with Gasteiger partial charge in [-0.2, -0.15) is 0 Å². The molecular formula is C23H35N3O2. The van der Waals surface area contributed by atoms with E-state index in [1.54, 1.807) is 0 Å². The minimum absolute atomic E-state index is 0.0677. The van der Waals surface area contributed by atoms with Gasteiger partial charge in [0.2, 0.25) is 5.91 Å². The van der Waals surface area contributed by atoms with Crippen LogP contribution in [0.5, 0.6) is 0 Å². The fourth-order valence-corrected chi connectivity index (χ4v) is 4.57. The zero-order valence-electron chi connectivity index (χ0n) is 17.6. The van der Waals surface area contributed by atoms with Gasteiger partial charge >= 0.3 is 0 Å². The summed E-state index contributed by atoms with van der Waals surface area (Å²) in [6.07, 6.45) is 5.13. The van der Waals surface area contributed by atoms with Crippen LogP contribution in [-0.2, 0) is 4.79 Å². The molecule has 0 spiro atoms. The highest BCUT2D eigenvalue weighted by atomic mass is 16.2. The van der Waals surface area contributed by atoms with Crippen LogP contribution in [0.3, 0.4) is 0 Å². The molecule has 1 aromatic carbocycles. The van der Waals surface area contributed by atoms with E-state index in [0.29, 0.717) is 29.7 Å². The van der Waals surface area contributed by atoms with Gasteiger partial charge in [-0.25, -0.2) is 0 Å². The Kier molecular flexibility index (Phi) is 7.11. The van der Waals surface area contributed by atoms with Gasteiger partial charge in [0.25, 0.3) is 5.91 Å². The molecular weight excluding hydrogens is 350 g/mol. The number of likely N-dealkylation sites (tertiary alicyclic amines) is 1. The molecule has 154 valence electrons. The lowest BCUT2D eigenvalue weighted by Gasteiger charge is -2.31. The number of nitrogens with one attached hydrogen (secondary N) is 2. The minimum Gasteiger partial charge on any atom is -0.338 e. The lowest BCUT2D eigenvalue weighted by Crippen LogP contribution is -2.39. The Morgan fingerprint density at radius 1 is 1.25 bits per heavy atom. The van der Waals surface area contributed by atoms with Crippen molar-refractivity contribution in [1.29, 1.82) is 0 Å². The molecule has 2 atom stereocenters. The number of benzene rings is 1. The molecule has 2 heterocycles. The summed E-state index contributed by atoms with van der Waals surface area (Å²) >= 11 is 0. The molecule has 0 radical (unpaired) electrons. The molecule has 0 saturated carbocycles. The maximum atomic E-state index is 12.8. The Labute approximate surface area is 169 Å². The molecule has 28 heavy (non-hydrogen) atoms. The zero-order chi connectivity index (χ0) is 20.1. The highest BCUT2D eigenvalue weighted by Gasteiger charge is 2.24. The van der Waals surface area contributed by atoms with E-state index in [2.05, 4.69) is 24.5 Å². The van der Waals surface area contributed by atoms with Crippen molar-refractivity contribution >= 4 is 17.5 Å². The van der Waals surface area contributed by atoms with Gasteiger partial charge in [-0.15, -0.1) is 0 Å². The molecule has 2 N–H and O–H groups in total. The van der Waals surface area contributed by atoms with Crippen LogP contribution in [0.25, 0.3) is 0 Å². The van der Waals surface area contributed by atoms with Gasteiger partial charge in [0.15, 0.2) is 0 Å². The van der Waals surface area contributed by atoms with Crippen LogP contribution in [0.4, 0.5) is 5.69 Å². The highest BCUT2D eigenvalue weighted by Crippen LogP contribution is 2.26. The molecule has 5 nitrogen and oxygen atoms in total. The van der Waals surface area contributed by atoms with Crippen molar-refractivity contribution in [3.8, 4) is 0 Å². The number of anilines is 1. The Balaban J connectivity index is 1.57. The van der Waals surface area contributed by atoms with Crippen LogP contribution in [0.15, 0.2) is 18.2 Å². The van der Waals surface area contributed by atoms with Crippen LogP contribution < -0.4 is 10.6 Å². The van der Waals surface area contributed by atoms with E-state index < -0.39 is 0 Å². The summed E-state index contributed by atoms with van der Waals surface area (Å²) in [6.45, 7) is 10.1. The highest BCUT2D eigenvalue weighted by molar-refractivity contribution is 5.96. The van der Waals surface area contributed by atoms with Crippen molar-refractivity contribution in [3.63, 3.8) is 0 Å². The third-order valence-corrected chi connectivity index (χ3v) is 6.39. The number of hydrogen-bond acceptors (Lipinski definition) is 3. The summed E-state index contributed by atoms with van der Waals surface area (Å²) in [6, 6.07) is 5.64. The van der Waals surface area contributed by atoms with Crippen LogP contribution in [0, 0.1) is 24.7 Å². The largest absolute Gasteiger partial charge is 0.338 e. The van der Waals surface area contributed by atoms with Crippen LogP contribution in [0.1, 0.15) is 61.9 Å². The summed E-state index contributed by atoms with van der Waals surface area (Å²) in [5.74, 6) is 1.76. The van der Waals surface area contributed by atoms with Gasteiger partial charge < -0.3 is 15.5 Å². The topological polar surface area (TPSA) is 61.4 Å². The molecule has 2 fully saturated rings. The van der Waals surface area contributed by atoms with E-state index in [9.17, 15) is 9.59 Å². The predicted octanol–water partition coefficient (Wildman–Crippen LogP) is 3.83. The van der Waals surface area contributed by atoms with Crippen LogP contribution >= 0.6 is 0 Å². The third kappa shape index (κ3) is 5.34. The maximum Gasteiger partial charge on any atom is 0.253 e. The lowest BCUT2D eigenvalue weighted by atomic mass is 9.84. The number of rotatable bonds is 5. The van der Waals surface area contributed by atoms with Gasteiger partial charge in [-0.3, -0.25) is 9.59 Å². The zero-order valence-corrected chi connectivity index (χ0v) is 17.6. The first-order valence-corrected chi connectivity index (χ1v) is 10.8. The lowest BCUT2D eigenvalue weighted by molar-refractivity contribution is -0.117. The van der Waals surface area contributed by atoms with Gasteiger partial charge in [0.05, 0.1) is 0 Å². The number of aryl methyl sites for hydroxylation is 1. The minimum atomic E-state index is 0.0677. The first kappa shape index (κ1) is 20.8. The van der Waals surface area contributed by atoms with Crippen LogP contribution in [-0.4, -0.2) is 42.9 Å². The van der Waals surface area contributed by atoms with Crippen molar-refractivity contribution in [2.45, 2.75) is 52.9 Å². The molecule has 0 bridgehead atoms. The number of hydrogen-bond donors (Lipinski definition) is 2. The fraction of sp³-hybridized carbons (Fsp3) is 0.652. The first-order valence-electron chi connectivity index (χ1n) is 10.8. The number of amides is 2. The first-order chi connectivity index (χ1) is 13.4. The van der Waals surface area contributed by atoms with Gasteiger partial charge in [0.1, 0.15) is 0 Å². The summed E-state index contributed by atoms with van der Waals surface area (Å²) in [4.78, 5) is 27.3. The van der Waals surface area contributed by atoms with Gasteiger partial charge in [-0.05, 0) is 87.2 Å². The number of carbonyl (C=O) groups excluding carboxylic acids is 2. The van der Waals surface area contributed by atoms with E-state index in [-0.39, 0.29) is 11.8 Å². The molecule has 1 aromatic rings. The van der Waals surface area contributed by atoms with Crippen molar-refractivity contribution in [2.75, 3.05) is 31.5 Å². The van der Waals surface area contributed by atoms with E-state index >= 15 is 0 Å². The molecule has 5 heteroatoms. The molecule has 0 aliphatic carbocycles. The summed E-state index contributed by atoms with van der Waals surface area (Å²) < 4.78 is 0. The molecule has 0 aromatic heterocycles. The molecule has 2 saturated heterocycles. The summed E-state index contributed by atoms with van der Waals surface area (Å²) in [5, 5.41) is 6.43. The van der Waals surface area contributed by atoms with Crippen molar-refractivity contribution < 1.29 is 9.59 Å². The molecule has 2 aliphatic heterocycles. The van der Waals surface area contributed by atoms with Crippen molar-refractivity contribution in [1.82, 2.24) is 10.2 Å². The van der Waals surface area contributed by atoms with Crippen molar-refractivity contribution in [2.24, 2.45) is 17.8 Å². The average molecular weight is 386 g/mol. The van der Waals surface area contributed by atoms with E-state index in [1.165, 1.54) is 6.42 Å². The Hall–Kier alpha value is -1.88. The molecule has 2 unspecified atom stereocenters. The predicted molar refractivity (Wildman–Crippen MR) is 113 cm³/mol. The Bertz CT molecular complexity index is 697. The summed E-state index contributed by atoms with van der Waals surface area (Å²) in [7, 11) is 0. The number of nitrogens with zero attached hydrogens (tertiary/aromatic N) is 1. The standard InChI is InChI=1S/C23H35N3O2/c1-16-5-4-12-26(15-16)23(28)20-6-7-21(18(3)13-20)25-22(27)14-17(2)19-8-10-24-11-9-19/h6-7,13,16-17,19,24H,4-5,8-12,14-15H2,1-3H3,(H,25,27). The van der Waals surface area contributed by atoms with Gasteiger partial charge in [0, 0.05) is 30.8 Å². The van der Waals surface area contributed by atoms with Crippen LogP contribution in [0.2, 0.25) is 0 Å². The maximum absolute atomic E-state index is 12.8. The molecule has 3 rings (SSSR count). The second-order valence-electron chi connectivity index (χ2n) is 8.85. The second-order valence-corrected chi connectivity index (χ2v) is 8.85. The molecule has 2 amide bonds. The summed E-state index contributed by atoms with van der Waals surface area (Å²) in [5.41, 5.74) is 2.47. The van der Waals surface area contributed by atoms with E-state index in [4.69, 9.17) is 0 Å². The van der Waals surface area contributed by atoms with E-state index in [1.807, 2.05) is 30.0 Å².